The SMILES string of the molecule is CCOc1ccccc1NC(CCNC(=O)c1ccccc1)c1ccccc1. The van der Waals surface area contributed by atoms with Gasteiger partial charge in [0.1, 0.15) is 5.75 Å². The standard InChI is InChI=1S/C24H26N2O2/c1-2-28-23-16-10-9-15-22(23)26-21(19-11-5-3-6-12-19)17-18-25-24(27)20-13-7-4-8-14-20/h3-16,21,26H,2,17-18H2,1H3,(H,25,27). The van der Waals surface area contributed by atoms with Crippen molar-refractivity contribution >= 4 is 11.6 Å². The molecule has 1 atom stereocenters. The summed E-state index contributed by atoms with van der Waals surface area (Å²) in [7, 11) is 0. The summed E-state index contributed by atoms with van der Waals surface area (Å²) in [5.41, 5.74) is 2.80. The monoisotopic (exact) mass is 374 g/mol. The fourth-order valence-electron chi connectivity index (χ4n) is 3.08. The molecule has 0 radical (unpaired) electrons. The van der Waals surface area contributed by atoms with Crippen LogP contribution in [0.1, 0.15) is 35.3 Å². The normalized spacial score (nSPS) is 11.5. The third-order valence-electron chi connectivity index (χ3n) is 4.47. The molecule has 144 valence electrons. The minimum absolute atomic E-state index is 0.0536. The summed E-state index contributed by atoms with van der Waals surface area (Å²) in [4.78, 5) is 12.3. The second-order valence-corrected chi connectivity index (χ2v) is 6.45. The quantitative estimate of drug-likeness (QED) is 0.550. The third-order valence-corrected chi connectivity index (χ3v) is 4.47. The number of anilines is 1. The highest BCUT2D eigenvalue weighted by Crippen LogP contribution is 2.29. The average molecular weight is 374 g/mol. The zero-order valence-electron chi connectivity index (χ0n) is 16.1. The number of benzene rings is 3. The number of nitrogens with one attached hydrogen (secondary N) is 2. The summed E-state index contributed by atoms with van der Waals surface area (Å²) in [6.07, 6.45) is 0.753. The van der Waals surface area contributed by atoms with Crippen LogP contribution in [0.2, 0.25) is 0 Å². The van der Waals surface area contributed by atoms with E-state index < -0.39 is 0 Å². The summed E-state index contributed by atoms with van der Waals surface area (Å²) in [6.45, 7) is 3.16. The van der Waals surface area contributed by atoms with Gasteiger partial charge in [0, 0.05) is 12.1 Å². The molecule has 4 heteroatoms. The lowest BCUT2D eigenvalue weighted by Crippen LogP contribution is -2.27. The van der Waals surface area contributed by atoms with Gasteiger partial charge < -0.3 is 15.4 Å². The fraction of sp³-hybridized carbons (Fsp3) is 0.208. The van der Waals surface area contributed by atoms with Crippen LogP contribution in [0.3, 0.4) is 0 Å². The first-order chi connectivity index (χ1) is 13.8. The number of rotatable bonds is 9. The molecule has 0 aliphatic rings. The van der Waals surface area contributed by atoms with E-state index in [0.717, 1.165) is 17.9 Å². The van der Waals surface area contributed by atoms with Gasteiger partial charge in [0.25, 0.3) is 5.91 Å². The molecule has 3 rings (SSSR count). The van der Waals surface area contributed by atoms with Gasteiger partial charge in [-0.25, -0.2) is 0 Å². The van der Waals surface area contributed by atoms with Gasteiger partial charge in [0.05, 0.1) is 18.3 Å². The van der Waals surface area contributed by atoms with Crippen molar-refractivity contribution in [3.63, 3.8) is 0 Å². The highest BCUT2D eigenvalue weighted by Gasteiger charge is 2.14. The van der Waals surface area contributed by atoms with Crippen LogP contribution in [0, 0.1) is 0 Å². The first-order valence-corrected chi connectivity index (χ1v) is 9.64. The number of para-hydroxylation sites is 2. The maximum Gasteiger partial charge on any atom is 0.251 e. The number of hydrogen-bond donors (Lipinski definition) is 2. The van der Waals surface area contributed by atoms with E-state index in [1.54, 1.807) is 0 Å². The lowest BCUT2D eigenvalue weighted by atomic mass is 10.0. The smallest absolute Gasteiger partial charge is 0.251 e. The molecular weight excluding hydrogens is 348 g/mol. The van der Waals surface area contributed by atoms with Gasteiger partial charge in [-0.2, -0.15) is 0 Å². The van der Waals surface area contributed by atoms with E-state index in [2.05, 4.69) is 22.8 Å². The maximum atomic E-state index is 12.3. The molecule has 2 N–H and O–H groups in total. The number of ether oxygens (including phenoxy) is 1. The minimum atomic E-state index is -0.0536. The minimum Gasteiger partial charge on any atom is -0.492 e. The van der Waals surface area contributed by atoms with Crippen molar-refractivity contribution in [3.8, 4) is 5.75 Å². The number of carbonyl (C=O) groups is 1. The van der Waals surface area contributed by atoms with Crippen molar-refractivity contribution in [2.75, 3.05) is 18.5 Å². The van der Waals surface area contributed by atoms with Gasteiger partial charge in [0.2, 0.25) is 0 Å². The summed E-state index contributed by atoms with van der Waals surface area (Å²) in [6, 6.07) is 27.5. The Labute approximate surface area is 166 Å². The van der Waals surface area contributed by atoms with Crippen molar-refractivity contribution in [2.45, 2.75) is 19.4 Å². The Morgan fingerprint density at radius 3 is 2.25 bits per heavy atom. The lowest BCUT2D eigenvalue weighted by molar-refractivity contribution is 0.0952. The predicted octanol–water partition coefficient (Wildman–Crippen LogP) is 5.06. The zero-order chi connectivity index (χ0) is 19.6. The highest BCUT2D eigenvalue weighted by molar-refractivity contribution is 5.94. The summed E-state index contributed by atoms with van der Waals surface area (Å²) >= 11 is 0. The van der Waals surface area contributed by atoms with Crippen LogP contribution in [0.4, 0.5) is 5.69 Å². The Morgan fingerprint density at radius 2 is 1.54 bits per heavy atom. The van der Waals surface area contributed by atoms with Crippen molar-refractivity contribution in [1.82, 2.24) is 5.32 Å². The Balaban J connectivity index is 1.69. The molecule has 0 fully saturated rings. The molecule has 0 spiro atoms. The molecule has 0 bridgehead atoms. The van der Waals surface area contributed by atoms with Crippen molar-refractivity contribution in [3.05, 3.63) is 96.1 Å². The maximum absolute atomic E-state index is 12.3. The van der Waals surface area contributed by atoms with E-state index in [1.807, 2.05) is 79.7 Å². The molecule has 0 saturated heterocycles. The van der Waals surface area contributed by atoms with E-state index in [9.17, 15) is 4.79 Å². The van der Waals surface area contributed by atoms with E-state index in [0.29, 0.717) is 18.7 Å². The highest BCUT2D eigenvalue weighted by atomic mass is 16.5. The van der Waals surface area contributed by atoms with Crippen molar-refractivity contribution in [1.29, 1.82) is 0 Å². The predicted molar refractivity (Wildman–Crippen MR) is 114 cm³/mol. The van der Waals surface area contributed by atoms with Crippen LogP contribution < -0.4 is 15.4 Å². The average Bonchev–Trinajstić information content (AvgIpc) is 2.75. The molecule has 1 unspecified atom stereocenters. The molecule has 0 aliphatic carbocycles. The second kappa shape index (κ2) is 10.2. The molecule has 1 amide bonds. The first kappa shape index (κ1) is 19.5. The number of carbonyl (C=O) groups excluding carboxylic acids is 1. The number of amides is 1. The Hall–Kier alpha value is -3.27. The first-order valence-electron chi connectivity index (χ1n) is 9.64. The van der Waals surface area contributed by atoms with Crippen LogP contribution in [0.15, 0.2) is 84.9 Å². The van der Waals surface area contributed by atoms with E-state index >= 15 is 0 Å². The molecule has 3 aromatic carbocycles. The van der Waals surface area contributed by atoms with Crippen LogP contribution in [-0.4, -0.2) is 19.1 Å². The largest absolute Gasteiger partial charge is 0.492 e. The summed E-state index contributed by atoms with van der Waals surface area (Å²) < 4.78 is 5.74. The summed E-state index contributed by atoms with van der Waals surface area (Å²) in [5, 5.41) is 6.60. The topological polar surface area (TPSA) is 50.4 Å². The van der Waals surface area contributed by atoms with Crippen LogP contribution >= 0.6 is 0 Å². The van der Waals surface area contributed by atoms with Crippen LogP contribution in [0.5, 0.6) is 5.75 Å². The third kappa shape index (κ3) is 5.36. The van der Waals surface area contributed by atoms with Gasteiger partial charge in [-0.05, 0) is 43.2 Å². The lowest BCUT2D eigenvalue weighted by Gasteiger charge is -2.22. The van der Waals surface area contributed by atoms with E-state index in [-0.39, 0.29) is 11.9 Å². The van der Waals surface area contributed by atoms with Gasteiger partial charge in [-0.15, -0.1) is 0 Å². The number of hydrogen-bond acceptors (Lipinski definition) is 3. The Kier molecular flexibility index (Phi) is 7.08. The van der Waals surface area contributed by atoms with Gasteiger partial charge >= 0.3 is 0 Å². The molecule has 0 saturated carbocycles. The van der Waals surface area contributed by atoms with Gasteiger partial charge in [0.15, 0.2) is 0 Å². The molecule has 0 heterocycles. The zero-order valence-corrected chi connectivity index (χ0v) is 16.1. The molecule has 4 nitrogen and oxygen atoms in total. The fourth-order valence-corrected chi connectivity index (χ4v) is 3.08. The Bertz CT molecular complexity index is 866. The van der Waals surface area contributed by atoms with Crippen molar-refractivity contribution < 1.29 is 9.53 Å². The Morgan fingerprint density at radius 1 is 0.893 bits per heavy atom. The van der Waals surface area contributed by atoms with Crippen molar-refractivity contribution in [2.24, 2.45) is 0 Å². The molecule has 28 heavy (non-hydrogen) atoms. The van der Waals surface area contributed by atoms with Gasteiger partial charge in [-0.3, -0.25) is 4.79 Å². The van der Waals surface area contributed by atoms with Crippen LogP contribution in [0.25, 0.3) is 0 Å². The van der Waals surface area contributed by atoms with E-state index in [4.69, 9.17) is 4.74 Å². The molecular formula is C24H26N2O2. The molecule has 0 aromatic heterocycles. The second-order valence-electron chi connectivity index (χ2n) is 6.45. The molecule has 3 aromatic rings. The van der Waals surface area contributed by atoms with E-state index in [1.165, 1.54) is 5.56 Å². The summed E-state index contributed by atoms with van der Waals surface area (Å²) in [5.74, 6) is 0.779. The van der Waals surface area contributed by atoms with Crippen LogP contribution in [-0.2, 0) is 0 Å². The molecule has 0 aliphatic heterocycles. The van der Waals surface area contributed by atoms with Gasteiger partial charge in [-0.1, -0.05) is 60.7 Å².